The van der Waals surface area contributed by atoms with E-state index >= 15 is 0 Å². The van der Waals surface area contributed by atoms with Crippen molar-refractivity contribution in [2.45, 2.75) is 34.2 Å². The number of pyridine rings is 2. The van der Waals surface area contributed by atoms with Gasteiger partial charge in [0.15, 0.2) is 0 Å². The molecule has 0 saturated heterocycles. The molecule has 2 aromatic carbocycles. The fourth-order valence-corrected chi connectivity index (χ4v) is 5.07. The lowest BCUT2D eigenvalue weighted by Crippen LogP contribution is -2.06. The highest BCUT2D eigenvalue weighted by Crippen LogP contribution is 2.33. The summed E-state index contributed by atoms with van der Waals surface area (Å²) >= 11 is 0. The summed E-state index contributed by atoms with van der Waals surface area (Å²) in [6.07, 6.45) is 3.61. The zero-order valence-electron chi connectivity index (χ0n) is 23.8. The van der Waals surface area contributed by atoms with Gasteiger partial charge in [0.05, 0.1) is 28.7 Å². The maximum absolute atomic E-state index is 13.2. The molecule has 0 aliphatic carbocycles. The van der Waals surface area contributed by atoms with Gasteiger partial charge in [-0.2, -0.15) is 0 Å². The summed E-state index contributed by atoms with van der Waals surface area (Å²) in [7, 11) is 1.70. The zero-order chi connectivity index (χ0) is 28.4. The normalized spacial score (nSPS) is 10.9. The van der Waals surface area contributed by atoms with Gasteiger partial charge in [0, 0.05) is 48.6 Å². The highest BCUT2D eigenvalue weighted by Gasteiger charge is 2.16. The maximum atomic E-state index is 13.2. The molecule has 0 amide bonds. The van der Waals surface area contributed by atoms with Crippen LogP contribution in [-0.4, -0.2) is 33.2 Å². The molecule has 0 aliphatic heterocycles. The molecule has 8 heteroatoms. The van der Waals surface area contributed by atoms with Crippen molar-refractivity contribution in [2.75, 3.05) is 13.7 Å². The smallest absolute Gasteiger partial charge is 0.123 e. The van der Waals surface area contributed by atoms with E-state index < -0.39 is 0 Å². The number of aromatic amines is 1. The van der Waals surface area contributed by atoms with Gasteiger partial charge < -0.3 is 14.3 Å². The lowest BCUT2D eigenvalue weighted by Gasteiger charge is -2.11. The van der Waals surface area contributed by atoms with E-state index in [1.54, 1.807) is 25.4 Å². The quantitative estimate of drug-likeness (QED) is 0.224. The molecule has 212 valence electrons. The van der Waals surface area contributed by atoms with Crippen LogP contribution in [-0.2, 0) is 11.3 Å². The number of aryl methyl sites for hydroxylation is 3. The summed E-state index contributed by atoms with van der Waals surface area (Å²) < 4.78 is 33.6. The molecule has 0 aliphatic rings. The second-order valence-corrected chi connectivity index (χ2v) is 9.88. The van der Waals surface area contributed by atoms with Crippen LogP contribution in [0.15, 0.2) is 73.1 Å². The Kier molecular flexibility index (Phi) is 9.21. The Morgan fingerprint density at radius 3 is 1.85 bits per heavy atom. The first-order valence-corrected chi connectivity index (χ1v) is 13.2. The average Bonchev–Trinajstić information content (AvgIpc) is 3.40. The Labute approximate surface area is 244 Å². The molecule has 0 spiro atoms. The number of nitrogens with zero attached hydrogens (tertiary/aromatic N) is 3. The lowest BCUT2D eigenvalue weighted by atomic mass is 10.0. The van der Waals surface area contributed by atoms with E-state index in [1.165, 1.54) is 35.5 Å². The molecular formula is C33H33ClF2N4O. The maximum Gasteiger partial charge on any atom is 0.123 e. The summed E-state index contributed by atoms with van der Waals surface area (Å²) in [6.45, 7) is 9.68. The van der Waals surface area contributed by atoms with Gasteiger partial charge in [-0.1, -0.05) is 24.3 Å². The van der Waals surface area contributed by atoms with Crippen LogP contribution >= 0.6 is 12.4 Å². The molecule has 0 atom stereocenters. The van der Waals surface area contributed by atoms with Crippen molar-refractivity contribution in [3.63, 3.8) is 0 Å². The number of methoxy groups -OCH3 is 1. The third-order valence-corrected chi connectivity index (χ3v) is 7.51. The largest absolute Gasteiger partial charge is 0.383 e. The monoisotopic (exact) mass is 574 g/mol. The van der Waals surface area contributed by atoms with Gasteiger partial charge in [0.25, 0.3) is 0 Å². The predicted molar refractivity (Wildman–Crippen MR) is 165 cm³/mol. The lowest BCUT2D eigenvalue weighted by molar-refractivity contribution is 0.188. The topological polar surface area (TPSA) is 55.7 Å². The Morgan fingerprint density at radius 1 is 0.732 bits per heavy atom. The number of rotatable bonds is 5. The second kappa shape index (κ2) is 12.6. The molecule has 41 heavy (non-hydrogen) atoms. The summed E-state index contributed by atoms with van der Waals surface area (Å²) in [5.41, 5.74) is 12.8. The van der Waals surface area contributed by atoms with Crippen LogP contribution in [0.25, 0.3) is 44.3 Å². The van der Waals surface area contributed by atoms with E-state index in [9.17, 15) is 8.78 Å². The molecule has 0 unspecified atom stereocenters. The van der Waals surface area contributed by atoms with Crippen LogP contribution in [0.5, 0.6) is 0 Å². The average molecular weight is 575 g/mol. The van der Waals surface area contributed by atoms with E-state index in [1.807, 2.05) is 37.4 Å². The van der Waals surface area contributed by atoms with E-state index in [0.717, 1.165) is 62.1 Å². The minimum Gasteiger partial charge on any atom is -0.383 e. The molecule has 0 fully saturated rings. The Hall–Kier alpha value is -4.07. The number of halogens is 3. The van der Waals surface area contributed by atoms with Crippen molar-refractivity contribution in [1.82, 2.24) is 19.5 Å². The van der Waals surface area contributed by atoms with Crippen molar-refractivity contribution < 1.29 is 13.5 Å². The molecule has 0 bridgehead atoms. The van der Waals surface area contributed by atoms with Crippen LogP contribution in [0, 0.1) is 39.3 Å². The number of benzene rings is 2. The van der Waals surface area contributed by atoms with E-state index in [0.29, 0.717) is 6.61 Å². The van der Waals surface area contributed by atoms with E-state index in [2.05, 4.69) is 40.3 Å². The van der Waals surface area contributed by atoms with Gasteiger partial charge in [0.2, 0.25) is 0 Å². The number of hydrogen-bond donors (Lipinski definition) is 1. The molecule has 5 nitrogen and oxygen atoms in total. The third kappa shape index (κ3) is 5.87. The van der Waals surface area contributed by atoms with Crippen molar-refractivity contribution in [1.29, 1.82) is 0 Å². The summed E-state index contributed by atoms with van der Waals surface area (Å²) in [5, 5.41) is 0. The summed E-state index contributed by atoms with van der Waals surface area (Å²) in [4.78, 5) is 12.3. The molecular weight excluding hydrogens is 542 g/mol. The van der Waals surface area contributed by atoms with Gasteiger partial charge in [-0.15, -0.1) is 12.4 Å². The van der Waals surface area contributed by atoms with Crippen LogP contribution in [0.3, 0.4) is 0 Å². The van der Waals surface area contributed by atoms with Crippen molar-refractivity contribution in [3.8, 4) is 22.3 Å². The van der Waals surface area contributed by atoms with Crippen LogP contribution in [0.1, 0.15) is 22.5 Å². The molecule has 6 rings (SSSR count). The van der Waals surface area contributed by atoms with Gasteiger partial charge >= 0.3 is 0 Å². The number of nitrogens with one attached hydrogen (secondary N) is 1. The second-order valence-electron chi connectivity index (χ2n) is 9.88. The first-order valence-electron chi connectivity index (χ1n) is 13.2. The van der Waals surface area contributed by atoms with Crippen LogP contribution < -0.4 is 0 Å². The predicted octanol–water partition coefficient (Wildman–Crippen LogP) is 8.51. The minimum atomic E-state index is -0.226. The Bertz CT molecular complexity index is 1790. The molecule has 1 N–H and O–H groups in total. The van der Waals surface area contributed by atoms with Crippen LogP contribution in [0.2, 0.25) is 0 Å². The number of hydrogen-bond acceptors (Lipinski definition) is 3. The van der Waals surface area contributed by atoms with Gasteiger partial charge in [0.1, 0.15) is 11.6 Å². The molecule has 4 heterocycles. The van der Waals surface area contributed by atoms with Gasteiger partial charge in [-0.05, 0) is 86.3 Å². The fourth-order valence-electron chi connectivity index (χ4n) is 5.07. The molecule has 4 aromatic heterocycles. The van der Waals surface area contributed by atoms with Gasteiger partial charge in [-0.25, -0.2) is 8.78 Å². The van der Waals surface area contributed by atoms with E-state index in [4.69, 9.17) is 4.74 Å². The molecule has 0 saturated carbocycles. The highest BCUT2D eigenvalue weighted by atomic mass is 35.5. The third-order valence-electron chi connectivity index (χ3n) is 7.51. The zero-order valence-corrected chi connectivity index (χ0v) is 24.6. The van der Waals surface area contributed by atoms with Crippen molar-refractivity contribution in [3.05, 3.63) is 107 Å². The summed E-state index contributed by atoms with van der Waals surface area (Å²) in [5.74, 6) is -0.445. The number of H-pyrrole nitrogens is 1. The fraction of sp³-hybridized carbons (Fsp3) is 0.212. The Morgan fingerprint density at radius 2 is 1.27 bits per heavy atom. The molecule has 0 radical (unpaired) electrons. The SMILES string of the molecule is COCCn1c(C)c(C)c2nccc(-c3ccc(F)cc3)c21.Cc1[nH]c2c(-c3ccc(F)cc3)ccnc2c1C.Cl. The van der Waals surface area contributed by atoms with Crippen LogP contribution in [0.4, 0.5) is 8.78 Å². The van der Waals surface area contributed by atoms with E-state index in [-0.39, 0.29) is 24.0 Å². The number of fused-ring (bicyclic) bond motifs is 2. The standard InChI is InChI=1S/C18H19FN2O.C15H13FN2.ClH/c1-12-13(2)21(10-11-22-3)18-16(8-9-20-17(12)18)14-4-6-15(19)7-5-14;1-9-10(2)18-15-13(7-8-17-14(9)15)11-3-5-12(16)6-4-11;/h4-9H,10-11H2,1-3H3;3-8,18H,1-2H3;1H. The van der Waals surface area contributed by atoms with Gasteiger partial charge in [-0.3, -0.25) is 9.97 Å². The Balaban J connectivity index is 0.000000188. The highest BCUT2D eigenvalue weighted by molar-refractivity contribution is 5.95. The minimum absolute atomic E-state index is 0. The first kappa shape index (κ1) is 29.9. The first-order chi connectivity index (χ1) is 19.3. The molecule has 6 aromatic rings. The van der Waals surface area contributed by atoms with Crippen molar-refractivity contribution in [2.24, 2.45) is 0 Å². The number of aromatic nitrogens is 4. The number of ether oxygens (including phenoxy) is 1. The summed E-state index contributed by atoms with van der Waals surface area (Å²) in [6, 6.07) is 17.1. The van der Waals surface area contributed by atoms with Crippen molar-refractivity contribution >= 4 is 34.5 Å².